The first-order valence-corrected chi connectivity index (χ1v) is 9.72. The second-order valence-corrected chi connectivity index (χ2v) is 7.54. The van der Waals surface area contributed by atoms with E-state index in [2.05, 4.69) is 55.1 Å². The lowest BCUT2D eigenvalue weighted by Gasteiger charge is -2.19. The van der Waals surface area contributed by atoms with E-state index >= 15 is 0 Å². The summed E-state index contributed by atoms with van der Waals surface area (Å²) in [5.74, 6) is 1.56. The molecule has 1 fully saturated rings. The Hall–Kier alpha value is -2.13. The predicted octanol–water partition coefficient (Wildman–Crippen LogP) is 4.14. The van der Waals surface area contributed by atoms with Crippen molar-refractivity contribution >= 4 is 41.5 Å². The lowest BCUT2D eigenvalue weighted by molar-refractivity contribution is 0.645. The van der Waals surface area contributed by atoms with E-state index in [1.165, 1.54) is 11.9 Å². The Kier molecular flexibility index (Phi) is 7.13. The van der Waals surface area contributed by atoms with Gasteiger partial charge in [0.1, 0.15) is 6.33 Å². The van der Waals surface area contributed by atoms with Crippen molar-refractivity contribution < 1.29 is 0 Å². The maximum absolute atomic E-state index is 6.17. The topological polar surface area (TPSA) is 78.0 Å². The molecule has 1 aliphatic carbocycles. The number of H-pyrrole nitrogens is 1. The lowest BCUT2D eigenvalue weighted by Crippen LogP contribution is -2.40. The fraction of sp³-hybridized carbons (Fsp3) is 0.286. The molecule has 0 saturated heterocycles. The highest BCUT2D eigenvalue weighted by atomic mass is 127. The Morgan fingerprint density at radius 3 is 2.69 bits per heavy atom. The van der Waals surface area contributed by atoms with E-state index in [1.807, 2.05) is 24.3 Å². The number of halogens is 2. The highest BCUT2D eigenvalue weighted by Gasteiger charge is 2.44. The van der Waals surface area contributed by atoms with Crippen LogP contribution in [0.25, 0.3) is 11.4 Å². The zero-order valence-electron chi connectivity index (χ0n) is 16.2. The first-order valence-electron chi connectivity index (χ1n) is 9.34. The minimum atomic E-state index is 0. The van der Waals surface area contributed by atoms with Crippen LogP contribution in [-0.4, -0.2) is 34.7 Å². The van der Waals surface area contributed by atoms with Gasteiger partial charge < -0.3 is 10.6 Å². The minimum absolute atomic E-state index is 0. The van der Waals surface area contributed by atoms with Crippen molar-refractivity contribution in [2.45, 2.75) is 24.8 Å². The molecule has 4 rings (SSSR count). The number of aliphatic imine (C=N–C) groups is 1. The summed E-state index contributed by atoms with van der Waals surface area (Å²) in [7, 11) is 1.79. The summed E-state index contributed by atoms with van der Waals surface area (Å²) in [5, 5.41) is 14.5. The molecule has 1 heterocycles. The number of aromatic nitrogens is 3. The van der Waals surface area contributed by atoms with Crippen molar-refractivity contribution in [3.05, 3.63) is 71.0 Å². The standard InChI is InChI=1S/C21H23ClN6.HI/c1-23-20(25-13-21(8-9-21)17-6-3-7-18(22)11-17)24-12-15-4-2-5-16(10-15)19-26-14-27-28-19;/h2-7,10-11,14H,8-9,12-13H2,1H3,(H2,23,24,25)(H,26,27,28);1H. The largest absolute Gasteiger partial charge is 0.356 e. The van der Waals surface area contributed by atoms with Gasteiger partial charge in [0.25, 0.3) is 0 Å². The van der Waals surface area contributed by atoms with Gasteiger partial charge in [-0.3, -0.25) is 10.1 Å². The molecule has 3 N–H and O–H groups in total. The van der Waals surface area contributed by atoms with Crippen molar-refractivity contribution in [2.24, 2.45) is 4.99 Å². The summed E-state index contributed by atoms with van der Waals surface area (Å²) >= 11 is 6.17. The van der Waals surface area contributed by atoms with Crippen LogP contribution in [0, 0.1) is 0 Å². The van der Waals surface area contributed by atoms with Crippen LogP contribution in [0.5, 0.6) is 0 Å². The lowest BCUT2D eigenvalue weighted by atomic mass is 9.96. The molecule has 3 aromatic rings. The van der Waals surface area contributed by atoms with Gasteiger partial charge in [0.2, 0.25) is 0 Å². The number of rotatable bonds is 6. The van der Waals surface area contributed by atoms with Crippen molar-refractivity contribution in [3.8, 4) is 11.4 Å². The van der Waals surface area contributed by atoms with Gasteiger partial charge in [0, 0.05) is 36.1 Å². The van der Waals surface area contributed by atoms with Crippen LogP contribution in [0.2, 0.25) is 5.02 Å². The Morgan fingerprint density at radius 2 is 2.00 bits per heavy atom. The number of guanidine groups is 1. The monoisotopic (exact) mass is 522 g/mol. The van der Waals surface area contributed by atoms with Gasteiger partial charge in [-0.2, -0.15) is 5.10 Å². The third-order valence-corrected chi connectivity index (χ3v) is 5.42. The zero-order valence-corrected chi connectivity index (χ0v) is 19.2. The molecule has 8 heteroatoms. The Morgan fingerprint density at radius 1 is 1.17 bits per heavy atom. The SMILES string of the molecule is CN=C(NCc1cccc(-c2ncn[nH]2)c1)NCC1(c2cccc(Cl)c2)CC1.I. The molecular formula is C21H24ClIN6. The van der Waals surface area contributed by atoms with Crippen LogP contribution < -0.4 is 10.6 Å². The van der Waals surface area contributed by atoms with E-state index in [1.54, 1.807) is 7.05 Å². The van der Waals surface area contributed by atoms with Gasteiger partial charge in [-0.1, -0.05) is 41.9 Å². The van der Waals surface area contributed by atoms with Crippen LogP contribution in [0.1, 0.15) is 24.0 Å². The maximum atomic E-state index is 6.17. The number of benzene rings is 2. The first-order chi connectivity index (χ1) is 13.7. The summed E-state index contributed by atoms with van der Waals surface area (Å²) in [6.07, 6.45) is 3.84. The summed E-state index contributed by atoms with van der Waals surface area (Å²) in [6, 6.07) is 16.4. The van der Waals surface area contributed by atoms with Crippen LogP contribution in [-0.2, 0) is 12.0 Å². The molecule has 0 atom stereocenters. The molecule has 0 bridgehead atoms. The average Bonchev–Trinajstić information content (AvgIpc) is 3.31. The number of nitrogens with one attached hydrogen (secondary N) is 3. The molecule has 0 unspecified atom stereocenters. The molecule has 0 aliphatic heterocycles. The molecule has 0 radical (unpaired) electrons. The summed E-state index contributed by atoms with van der Waals surface area (Å²) < 4.78 is 0. The molecule has 1 aromatic heterocycles. The van der Waals surface area contributed by atoms with Gasteiger partial charge in [0.15, 0.2) is 11.8 Å². The second kappa shape index (κ2) is 9.58. The number of hydrogen-bond acceptors (Lipinski definition) is 3. The summed E-state index contributed by atoms with van der Waals surface area (Å²) in [6.45, 7) is 1.51. The molecule has 1 aliphatic rings. The van der Waals surface area contributed by atoms with E-state index in [0.717, 1.165) is 47.3 Å². The van der Waals surface area contributed by atoms with Gasteiger partial charge in [0.05, 0.1) is 0 Å². The summed E-state index contributed by atoms with van der Waals surface area (Å²) in [4.78, 5) is 8.56. The highest BCUT2D eigenvalue weighted by Crippen LogP contribution is 2.48. The third kappa shape index (κ3) is 5.27. The fourth-order valence-corrected chi connectivity index (χ4v) is 3.56. The number of nitrogens with zero attached hydrogens (tertiary/aromatic N) is 3. The fourth-order valence-electron chi connectivity index (χ4n) is 3.37. The molecule has 29 heavy (non-hydrogen) atoms. The summed E-state index contributed by atoms with van der Waals surface area (Å²) in [5.41, 5.74) is 3.61. The van der Waals surface area contributed by atoms with Crippen LogP contribution >= 0.6 is 35.6 Å². The van der Waals surface area contributed by atoms with Crippen LogP contribution in [0.15, 0.2) is 59.9 Å². The smallest absolute Gasteiger partial charge is 0.191 e. The average molecular weight is 523 g/mol. The molecule has 2 aromatic carbocycles. The molecule has 1 saturated carbocycles. The predicted molar refractivity (Wildman–Crippen MR) is 128 cm³/mol. The maximum Gasteiger partial charge on any atom is 0.191 e. The van der Waals surface area contributed by atoms with Crippen molar-refractivity contribution in [1.29, 1.82) is 0 Å². The quantitative estimate of drug-likeness (QED) is 0.258. The number of hydrogen-bond donors (Lipinski definition) is 3. The Bertz CT molecular complexity index is 969. The van der Waals surface area contributed by atoms with E-state index in [9.17, 15) is 0 Å². The molecule has 152 valence electrons. The number of aromatic amines is 1. The van der Waals surface area contributed by atoms with Gasteiger partial charge >= 0.3 is 0 Å². The third-order valence-electron chi connectivity index (χ3n) is 5.18. The molecule has 0 spiro atoms. The van der Waals surface area contributed by atoms with Gasteiger partial charge in [-0.15, -0.1) is 24.0 Å². The van der Waals surface area contributed by atoms with E-state index in [-0.39, 0.29) is 29.4 Å². The van der Waals surface area contributed by atoms with Gasteiger partial charge in [-0.05, 0) is 42.2 Å². The first kappa shape index (κ1) is 21.6. The molecule has 6 nitrogen and oxygen atoms in total. The van der Waals surface area contributed by atoms with Crippen molar-refractivity contribution in [2.75, 3.05) is 13.6 Å². The van der Waals surface area contributed by atoms with Crippen molar-refractivity contribution in [1.82, 2.24) is 25.8 Å². The van der Waals surface area contributed by atoms with E-state index in [4.69, 9.17) is 11.6 Å². The van der Waals surface area contributed by atoms with E-state index in [0.29, 0.717) is 6.54 Å². The van der Waals surface area contributed by atoms with E-state index < -0.39 is 0 Å². The minimum Gasteiger partial charge on any atom is -0.356 e. The Labute approximate surface area is 192 Å². The highest BCUT2D eigenvalue weighted by molar-refractivity contribution is 14.0. The van der Waals surface area contributed by atoms with Crippen LogP contribution in [0.4, 0.5) is 0 Å². The zero-order chi connectivity index (χ0) is 19.4. The van der Waals surface area contributed by atoms with Gasteiger partial charge in [-0.25, -0.2) is 4.98 Å². The molecular weight excluding hydrogens is 499 g/mol. The Balaban J connectivity index is 0.00000240. The van der Waals surface area contributed by atoms with Crippen molar-refractivity contribution in [3.63, 3.8) is 0 Å². The molecule has 0 amide bonds. The normalized spacial score (nSPS) is 14.8. The van der Waals surface area contributed by atoms with Crippen LogP contribution in [0.3, 0.4) is 0 Å². The second-order valence-electron chi connectivity index (χ2n) is 7.10.